The van der Waals surface area contributed by atoms with Gasteiger partial charge in [-0.25, -0.2) is 4.98 Å². The fourth-order valence-corrected chi connectivity index (χ4v) is 2.63. The van der Waals surface area contributed by atoms with Gasteiger partial charge in [0.1, 0.15) is 5.52 Å². The van der Waals surface area contributed by atoms with Crippen LogP contribution in [0.15, 0.2) is 51.4 Å². The Bertz CT molecular complexity index is 990. The third kappa shape index (κ3) is 2.71. The van der Waals surface area contributed by atoms with Crippen molar-refractivity contribution in [3.8, 4) is 11.4 Å². The molecule has 2 heterocycles. The first-order valence-corrected chi connectivity index (χ1v) is 7.50. The molecule has 6 heteroatoms. The minimum atomic E-state index is 0.498. The zero-order chi connectivity index (χ0) is 15.8. The van der Waals surface area contributed by atoms with E-state index in [2.05, 4.69) is 15.1 Å². The molecule has 0 saturated heterocycles. The minimum absolute atomic E-state index is 0.498. The van der Waals surface area contributed by atoms with Gasteiger partial charge in [0.2, 0.25) is 11.7 Å². The van der Waals surface area contributed by atoms with Gasteiger partial charge in [0.15, 0.2) is 11.5 Å². The molecule has 2 aromatic carbocycles. The quantitative estimate of drug-likeness (QED) is 0.557. The maximum Gasteiger partial charge on any atom is 0.231 e. The summed E-state index contributed by atoms with van der Waals surface area (Å²) in [4.78, 5) is 8.75. The molecule has 4 aromatic rings. The van der Waals surface area contributed by atoms with E-state index >= 15 is 0 Å². The van der Waals surface area contributed by atoms with Gasteiger partial charge in [-0.15, -0.1) is 0 Å². The zero-order valence-electron chi connectivity index (χ0n) is 12.3. The Kier molecular flexibility index (Phi) is 3.35. The Morgan fingerprint density at radius 2 is 1.96 bits per heavy atom. The van der Waals surface area contributed by atoms with Crippen molar-refractivity contribution in [3.05, 3.63) is 64.8 Å². The third-order valence-electron chi connectivity index (χ3n) is 3.52. The molecule has 0 aliphatic heterocycles. The molecule has 0 amide bonds. The van der Waals surface area contributed by atoms with Crippen LogP contribution in [-0.4, -0.2) is 15.1 Å². The van der Waals surface area contributed by atoms with Crippen LogP contribution in [0.4, 0.5) is 0 Å². The first-order valence-electron chi connectivity index (χ1n) is 7.12. The SMILES string of the molecule is Cc1nc2cc(-c3noc(Cc4ccccc4Cl)n3)ccc2o1. The summed E-state index contributed by atoms with van der Waals surface area (Å²) in [5, 5.41) is 4.73. The zero-order valence-corrected chi connectivity index (χ0v) is 13.0. The second-order valence-electron chi connectivity index (χ2n) is 5.20. The van der Waals surface area contributed by atoms with E-state index in [0.717, 1.165) is 22.2 Å². The van der Waals surface area contributed by atoms with Gasteiger partial charge >= 0.3 is 0 Å². The Morgan fingerprint density at radius 3 is 2.83 bits per heavy atom. The van der Waals surface area contributed by atoms with Crippen LogP contribution in [0, 0.1) is 6.92 Å². The normalized spacial score (nSPS) is 11.2. The number of halogens is 1. The van der Waals surface area contributed by atoms with Crippen molar-refractivity contribution >= 4 is 22.7 Å². The van der Waals surface area contributed by atoms with E-state index in [1.807, 2.05) is 49.4 Å². The fourth-order valence-electron chi connectivity index (χ4n) is 2.43. The average molecular weight is 326 g/mol. The summed E-state index contributed by atoms with van der Waals surface area (Å²) in [6, 6.07) is 13.2. The number of rotatable bonds is 3. The smallest absolute Gasteiger partial charge is 0.231 e. The predicted molar refractivity (Wildman–Crippen MR) is 86.3 cm³/mol. The maximum atomic E-state index is 6.16. The minimum Gasteiger partial charge on any atom is -0.441 e. The molecule has 23 heavy (non-hydrogen) atoms. The molecule has 0 atom stereocenters. The molecule has 0 aliphatic carbocycles. The molecule has 0 N–H and O–H groups in total. The van der Waals surface area contributed by atoms with Crippen LogP contribution in [0.3, 0.4) is 0 Å². The van der Waals surface area contributed by atoms with E-state index in [1.54, 1.807) is 0 Å². The number of fused-ring (bicyclic) bond motifs is 1. The van der Waals surface area contributed by atoms with Crippen molar-refractivity contribution in [1.29, 1.82) is 0 Å². The monoisotopic (exact) mass is 325 g/mol. The summed E-state index contributed by atoms with van der Waals surface area (Å²) in [6.45, 7) is 1.82. The summed E-state index contributed by atoms with van der Waals surface area (Å²) in [5.74, 6) is 1.67. The standard InChI is InChI=1S/C17H12ClN3O2/c1-10-19-14-8-12(6-7-15(14)22-10)17-20-16(23-21-17)9-11-4-2-3-5-13(11)18/h2-8H,9H2,1H3. The van der Waals surface area contributed by atoms with E-state index in [4.69, 9.17) is 20.5 Å². The van der Waals surface area contributed by atoms with Gasteiger partial charge in [0, 0.05) is 17.5 Å². The van der Waals surface area contributed by atoms with Gasteiger partial charge in [-0.2, -0.15) is 4.98 Å². The second-order valence-corrected chi connectivity index (χ2v) is 5.60. The molecule has 0 bridgehead atoms. The molecule has 0 saturated carbocycles. The Hall–Kier alpha value is -2.66. The summed E-state index contributed by atoms with van der Waals surface area (Å²) >= 11 is 6.16. The molecule has 5 nitrogen and oxygen atoms in total. The lowest BCUT2D eigenvalue weighted by molar-refractivity contribution is 0.386. The van der Waals surface area contributed by atoms with Crippen molar-refractivity contribution < 1.29 is 8.94 Å². The number of nitrogens with zero attached hydrogens (tertiary/aromatic N) is 3. The number of oxazole rings is 1. The Balaban J connectivity index is 1.65. The molecule has 0 aliphatic rings. The van der Waals surface area contributed by atoms with Gasteiger partial charge in [0.25, 0.3) is 0 Å². The lowest BCUT2D eigenvalue weighted by atomic mass is 10.1. The maximum absolute atomic E-state index is 6.16. The topological polar surface area (TPSA) is 65.0 Å². The van der Waals surface area contributed by atoms with Crippen LogP contribution in [0.5, 0.6) is 0 Å². The average Bonchev–Trinajstić information content (AvgIpc) is 3.14. The van der Waals surface area contributed by atoms with Crippen molar-refractivity contribution in [2.45, 2.75) is 13.3 Å². The first kappa shape index (κ1) is 14.0. The molecular weight excluding hydrogens is 314 g/mol. The summed E-state index contributed by atoms with van der Waals surface area (Å²) in [7, 11) is 0. The Labute approximate surface area is 136 Å². The highest BCUT2D eigenvalue weighted by Crippen LogP contribution is 2.24. The molecular formula is C17H12ClN3O2. The number of hydrogen-bond acceptors (Lipinski definition) is 5. The van der Waals surface area contributed by atoms with Gasteiger partial charge in [-0.3, -0.25) is 0 Å². The summed E-state index contributed by atoms with van der Waals surface area (Å²) in [5.41, 5.74) is 3.30. The van der Waals surface area contributed by atoms with E-state index in [-0.39, 0.29) is 0 Å². The molecule has 2 aromatic heterocycles. The largest absolute Gasteiger partial charge is 0.441 e. The lowest BCUT2D eigenvalue weighted by Gasteiger charge is -1.98. The van der Waals surface area contributed by atoms with Crippen LogP contribution in [0.2, 0.25) is 5.02 Å². The molecule has 0 radical (unpaired) electrons. The summed E-state index contributed by atoms with van der Waals surface area (Å²) in [6.07, 6.45) is 0.498. The molecule has 114 valence electrons. The highest BCUT2D eigenvalue weighted by molar-refractivity contribution is 6.31. The summed E-state index contributed by atoms with van der Waals surface area (Å²) < 4.78 is 10.8. The third-order valence-corrected chi connectivity index (χ3v) is 3.89. The van der Waals surface area contributed by atoms with Gasteiger partial charge < -0.3 is 8.94 Å². The second kappa shape index (κ2) is 5.52. The van der Waals surface area contributed by atoms with Crippen molar-refractivity contribution in [3.63, 3.8) is 0 Å². The number of hydrogen-bond donors (Lipinski definition) is 0. The van der Waals surface area contributed by atoms with Crippen LogP contribution >= 0.6 is 11.6 Å². The van der Waals surface area contributed by atoms with Gasteiger partial charge in [-0.05, 0) is 29.8 Å². The fraction of sp³-hybridized carbons (Fsp3) is 0.118. The lowest BCUT2D eigenvalue weighted by Crippen LogP contribution is -1.89. The number of aromatic nitrogens is 3. The molecule has 0 fully saturated rings. The van der Waals surface area contributed by atoms with E-state index < -0.39 is 0 Å². The van der Waals surface area contributed by atoms with E-state index in [1.165, 1.54) is 0 Å². The first-order chi connectivity index (χ1) is 11.2. The van der Waals surface area contributed by atoms with Crippen LogP contribution < -0.4 is 0 Å². The molecule has 0 spiro atoms. The predicted octanol–water partition coefficient (Wildman–Crippen LogP) is 4.43. The van der Waals surface area contributed by atoms with Crippen molar-refractivity contribution in [2.75, 3.05) is 0 Å². The number of benzene rings is 2. The van der Waals surface area contributed by atoms with Crippen molar-refractivity contribution in [2.24, 2.45) is 0 Å². The molecule has 4 rings (SSSR count). The van der Waals surface area contributed by atoms with Crippen LogP contribution in [0.1, 0.15) is 17.3 Å². The highest BCUT2D eigenvalue weighted by Gasteiger charge is 2.12. The van der Waals surface area contributed by atoms with Crippen molar-refractivity contribution in [1.82, 2.24) is 15.1 Å². The Morgan fingerprint density at radius 1 is 1.09 bits per heavy atom. The van der Waals surface area contributed by atoms with Crippen LogP contribution in [0.25, 0.3) is 22.5 Å². The van der Waals surface area contributed by atoms with Crippen LogP contribution in [-0.2, 0) is 6.42 Å². The molecule has 0 unspecified atom stereocenters. The highest BCUT2D eigenvalue weighted by atomic mass is 35.5. The van der Waals surface area contributed by atoms with E-state index in [9.17, 15) is 0 Å². The van der Waals surface area contributed by atoms with Gasteiger partial charge in [-0.1, -0.05) is 35.0 Å². The van der Waals surface area contributed by atoms with E-state index in [0.29, 0.717) is 29.0 Å². The van der Waals surface area contributed by atoms with Gasteiger partial charge in [0.05, 0.1) is 6.42 Å². The number of aryl methyl sites for hydroxylation is 1.